The van der Waals surface area contributed by atoms with E-state index < -0.39 is 5.54 Å². The second kappa shape index (κ2) is 7.10. The predicted molar refractivity (Wildman–Crippen MR) is 65.7 cm³/mol. The van der Waals surface area contributed by atoms with Crippen LogP contribution in [0.2, 0.25) is 0 Å². The molecule has 3 N–H and O–H groups in total. The van der Waals surface area contributed by atoms with E-state index in [1.165, 1.54) is 0 Å². The Kier molecular flexibility index (Phi) is 6.99. The molecule has 0 aliphatic carbocycles. The molecule has 4 heteroatoms. The number of nitriles is 1. The van der Waals surface area contributed by atoms with E-state index in [9.17, 15) is 5.11 Å². The summed E-state index contributed by atoms with van der Waals surface area (Å²) in [6, 6.07) is 2.16. The predicted octanol–water partition coefficient (Wildman–Crippen LogP) is 1.90. The van der Waals surface area contributed by atoms with Gasteiger partial charge in [-0.1, -0.05) is 13.8 Å². The first-order valence-electron chi connectivity index (χ1n) is 5.45. The molecule has 0 saturated carbocycles. The fourth-order valence-corrected chi connectivity index (χ4v) is 2.07. The molecular weight excluding hydrogens is 208 g/mol. The molecule has 0 bridgehead atoms. The Balaban J connectivity index is 3.68. The summed E-state index contributed by atoms with van der Waals surface area (Å²) in [5.74, 6) is 0.951. The lowest BCUT2D eigenvalue weighted by Crippen LogP contribution is -2.37. The van der Waals surface area contributed by atoms with Crippen LogP contribution in [0.5, 0.6) is 0 Å². The average molecular weight is 230 g/mol. The lowest BCUT2D eigenvalue weighted by Gasteiger charge is -2.20. The molecule has 88 valence electrons. The van der Waals surface area contributed by atoms with Crippen molar-refractivity contribution < 1.29 is 5.11 Å². The van der Waals surface area contributed by atoms with Crippen LogP contribution in [0.25, 0.3) is 0 Å². The SMILES string of the molecule is CCC(N)(C#N)CCCSC(C)C(C)O. The molecule has 0 aliphatic rings. The van der Waals surface area contributed by atoms with E-state index in [-0.39, 0.29) is 11.4 Å². The van der Waals surface area contributed by atoms with Gasteiger partial charge in [0.1, 0.15) is 5.54 Å². The number of hydrogen-bond acceptors (Lipinski definition) is 4. The Labute approximate surface area is 97.0 Å². The number of nitrogens with two attached hydrogens (primary N) is 1. The maximum absolute atomic E-state index is 9.27. The number of thioether (sulfide) groups is 1. The first kappa shape index (κ1) is 14.8. The Bertz CT molecular complexity index is 215. The van der Waals surface area contributed by atoms with Crippen LogP contribution >= 0.6 is 11.8 Å². The second-order valence-corrected chi connectivity index (χ2v) is 5.53. The van der Waals surface area contributed by atoms with E-state index in [2.05, 4.69) is 6.07 Å². The highest BCUT2D eigenvalue weighted by atomic mass is 32.2. The van der Waals surface area contributed by atoms with E-state index in [1.54, 1.807) is 18.7 Å². The molecule has 0 aromatic rings. The lowest BCUT2D eigenvalue weighted by atomic mass is 9.94. The molecule has 3 unspecified atom stereocenters. The van der Waals surface area contributed by atoms with Crippen LogP contribution in [-0.2, 0) is 0 Å². The van der Waals surface area contributed by atoms with Gasteiger partial charge in [0.15, 0.2) is 0 Å². The van der Waals surface area contributed by atoms with Gasteiger partial charge in [-0.25, -0.2) is 0 Å². The molecule has 0 aromatic carbocycles. The van der Waals surface area contributed by atoms with Crippen molar-refractivity contribution in [1.82, 2.24) is 0 Å². The molecule has 0 amide bonds. The monoisotopic (exact) mass is 230 g/mol. The summed E-state index contributed by atoms with van der Waals surface area (Å²) in [6.45, 7) is 5.75. The summed E-state index contributed by atoms with van der Waals surface area (Å²) >= 11 is 1.73. The van der Waals surface area contributed by atoms with Crippen molar-refractivity contribution in [2.24, 2.45) is 5.73 Å². The fraction of sp³-hybridized carbons (Fsp3) is 0.909. The van der Waals surface area contributed by atoms with Crippen molar-refractivity contribution in [3.63, 3.8) is 0 Å². The highest BCUT2D eigenvalue weighted by Gasteiger charge is 2.21. The lowest BCUT2D eigenvalue weighted by molar-refractivity contribution is 0.196. The van der Waals surface area contributed by atoms with Gasteiger partial charge in [0, 0.05) is 5.25 Å². The van der Waals surface area contributed by atoms with Crippen molar-refractivity contribution in [2.75, 3.05) is 5.75 Å². The first-order valence-corrected chi connectivity index (χ1v) is 6.50. The fourth-order valence-electron chi connectivity index (χ4n) is 1.11. The number of hydrogen-bond donors (Lipinski definition) is 2. The second-order valence-electron chi connectivity index (χ2n) is 4.04. The minimum Gasteiger partial charge on any atom is -0.392 e. The van der Waals surface area contributed by atoms with Gasteiger partial charge in [0.2, 0.25) is 0 Å². The van der Waals surface area contributed by atoms with Crippen LogP contribution in [-0.4, -0.2) is 27.8 Å². The molecule has 0 heterocycles. The van der Waals surface area contributed by atoms with Gasteiger partial charge in [0.25, 0.3) is 0 Å². The Morgan fingerprint density at radius 3 is 2.53 bits per heavy atom. The molecule has 15 heavy (non-hydrogen) atoms. The largest absolute Gasteiger partial charge is 0.392 e. The van der Waals surface area contributed by atoms with Crippen LogP contribution in [0, 0.1) is 11.3 Å². The van der Waals surface area contributed by atoms with Gasteiger partial charge in [-0.15, -0.1) is 0 Å². The van der Waals surface area contributed by atoms with Gasteiger partial charge in [-0.05, 0) is 31.9 Å². The molecule has 0 aliphatic heterocycles. The molecule has 3 nitrogen and oxygen atoms in total. The Morgan fingerprint density at radius 2 is 2.13 bits per heavy atom. The third kappa shape index (κ3) is 6.03. The Hall–Kier alpha value is -0.240. The highest BCUT2D eigenvalue weighted by molar-refractivity contribution is 7.99. The van der Waals surface area contributed by atoms with Crippen LogP contribution in [0.15, 0.2) is 0 Å². The third-order valence-electron chi connectivity index (χ3n) is 2.68. The van der Waals surface area contributed by atoms with Crippen LogP contribution in [0.4, 0.5) is 0 Å². The highest BCUT2D eigenvalue weighted by Crippen LogP contribution is 2.19. The zero-order chi connectivity index (χ0) is 11.9. The summed E-state index contributed by atoms with van der Waals surface area (Å²) in [5, 5.41) is 18.4. The number of rotatable bonds is 7. The normalized spacial score (nSPS) is 18.9. The van der Waals surface area contributed by atoms with Crippen LogP contribution in [0.3, 0.4) is 0 Å². The van der Waals surface area contributed by atoms with Crippen LogP contribution in [0.1, 0.15) is 40.0 Å². The summed E-state index contributed by atoms with van der Waals surface area (Å²) in [5.41, 5.74) is 5.20. The third-order valence-corrected chi connectivity index (χ3v) is 4.12. The first-order chi connectivity index (χ1) is 6.95. The molecule has 0 rings (SSSR count). The molecule has 0 aromatic heterocycles. The summed E-state index contributed by atoms with van der Waals surface area (Å²) in [4.78, 5) is 0. The molecule has 0 radical (unpaired) electrons. The topological polar surface area (TPSA) is 70.0 Å². The van der Waals surface area contributed by atoms with Crippen molar-refractivity contribution >= 4 is 11.8 Å². The van der Waals surface area contributed by atoms with E-state index in [4.69, 9.17) is 11.0 Å². The molecular formula is C11H22N2OS. The van der Waals surface area contributed by atoms with E-state index in [1.807, 2.05) is 13.8 Å². The zero-order valence-electron chi connectivity index (χ0n) is 9.86. The summed E-state index contributed by atoms with van der Waals surface area (Å²) in [6.07, 6.45) is 2.08. The maximum atomic E-state index is 9.27. The number of aliphatic hydroxyl groups is 1. The number of nitrogens with zero attached hydrogens (tertiary/aromatic N) is 1. The molecule has 0 spiro atoms. The van der Waals surface area contributed by atoms with Gasteiger partial charge < -0.3 is 10.8 Å². The summed E-state index contributed by atoms with van der Waals surface area (Å²) < 4.78 is 0. The van der Waals surface area contributed by atoms with E-state index in [0.717, 1.165) is 18.6 Å². The minimum absolute atomic E-state index is 0.251. The molecule has 3 atom stereocenters. The van der Waals surface area contributed by atoms with Crippen molar-refractivity contribution in [3.05, 3.63) is 0 Å². The van der Waals surface area contributed by atoms with Gasteiger partial charge >= 0.3 is 0 Å². The average Bonchev–Trinajstić information content (AvgIpc) is 2.23. The van der Waals surface area contributed by atoms with Gasteiger partial charge in [-0.3, -0.25) is 0 Å². The van der Waals surface area contributed by atoms with Gasteiger partial charge in [0.05, 0.1) is 12.2 Å². The standard InChI is InChI=1S/C11H22N2OS/c1-4-11(13,8-12)6-5-7-15-10(3)9(2)14/h9-10,14H,4-7,13H2,1-3H3. The minimum atomic E-state index is -0.658. The van der Waals surface area contributed by atoms with E-state index in [0.29, 0.717) is 6.42 Å². The smallest absolute Gasteiger partial charge is 0.104 e. The van der Waals surface area contributed by atoms with Crippen molar-refractivity contribution in [2.45, 2.75) is 56.9 Å². The van der Waals surface area contributed by atoms with Crippen molar-refractivity contribution in [3.8, 4) is 6.07 Å². The van der Waals surface area contributed by atoms with E-state index >= 15 is 0 Å². The molecule has 0 fully saturated rings. The number of aliphatic hydroxyl groups excluding tert-OH is 1. The van der Waals surface area contributed by atoms with Gasteiger partial charge in [-0.2, -0.15) is 17.0 Å². The Morgan fingerprint density at radius 1 is 1.53 bits per heavy atom. The van der Waals surface area contributed by atoms with Crippen molar-refractivity contribution in [1.29, 1.82) is 5.26 Å². The quantitative estimate of drug-likeness (QED) is 0.655. The molecule has 0 saturated heterocycles. The zero-order valence-corrected chi connectivity index (χ0v) is 10.7. The van der Waals surface area contributed by atoms with Crippen LogP contribution < -0.4 is 5.73 Å². The summed E-state index contributed by atoms with van der Waals surface area (Å²) in [7, 11) is 0. The maximum Gasteiger partial charge on any atom is 0.104 e.